The van der Waals surface area contributed by atoms with Crippen molar-refractivity contribution in [1.29, 1.82) is 0 Å². The summed E-state index contributed by atoms with van der Waals surface area (Å²) in [7, 11) is 0. The fourth-order valence-corrected chi connectivity index (χ4v) is 1.03. The van der Waals surface area contributed by atoms with Gasteiger partial charge in [0, 0.05) is 19.5 Å². The van der Waals surface area contributed by atoms with Gasteiger partial charge in [0.25, 0.3) is 0 Å². The molecule has 0 bridgehead atoms. The van der Waals surface area contributed by atoms with E-state index >= 15 is 0 Å². The summed E-state index contributed by atoms with van der Waals surface area (Å²) < 4.78 is 0. The number of benzene rings is 3. The van der Waals surface area contributed by atoms with Crippen molar-refractivity contribution in [2.24, 2.45) is 0 Å². The molecule has 0 amide bonds. The molecule has 0 saturated carbocycles. The summed E-state index contributed by atoms with van der Waals surface area (Å²) in [6, 6.07) is 37.5. The molecule has 0 heterocycles. The van der Waals surface area contributed by atoms with E-state index < -0.39 is 0 Å². The van der Waals surface area contributed by atoms with Crippen LogP contribution >= 0.6 is 0 Å². The van der Waals surface area contributed by atoms with Crippen LogP contribution in [0.1, 0.15) is 0 Å². The second kappa shape index (κ2) is 24.3. The third-order valence-corrected chi connectivity index (χ3v) is 1.82. The van der Waals surface area contributed by atoms with Crippen molar-refractivity contribution in [3.8, 4) is 0 Å². The van der Waals surface area contributed by atoms with Gasteiger partial charge in [0.05, 0.1) is 0 Å². The van der Waals surface area contributed by atoms with Gasteiger partial charge in [-0.25, -0.2) is 0 Å². The van der Waals surface area contributed by atoms with E-state index in [0.717, 1.165) is 0 Å². The Hall–Kier alpha value is -1.72. The number of hydrogen-bond donors (Lipinski definition) is 0. The van der Waals surface area contributed by atoms with E-state index in [1.165, 1.54) is 0 Å². The largest absolute Gasteiger partial charge is 0.358 e. The van der Waals surface area contributed by atoms with Crippen molar-refractivity contribution in [2.45, 2.75) is 0 Å². The van der Waals surface area contributed by atoms with Crippen LogP contribution in [0.3, 0.4) is 0 Å². The van der Waals surface area contributed by atoms with Gasteiger partial charge < -0.3 is 22.3 Å². The molecule has 0 aliphatic carbocycles. The van der Waals surface area contributed by atoms with E-state index in [2.05, 4.69) is 18.2 Å². The van der Waals surface area contributed by atoms with Crippen LogP contribution in [0.15, 0.2) is 91.0 Å². The van der Waals surface area contributed by atoms with Crippen LogP contribution in [0.5, 0.6) is 0 Å². The molecule has 0 aliphatic rings. The van der Waals surface area contributed by atoms with Crippen molar-refractivity contribution >= 4 is 0 Å². The van der Waals surface area contributed by atoms with E-state index in [1.54, 1.807) is 0 Å². The minimum absolute atomic E-state index is 0. The SMILES string of the molecule is [CH3-].[CH3-].[CH3-].[Zn].[c-]1ccccc1.[c-]1ccccc1.[c-]1ccccc1. The van der Waals surface area contributed by atoms with Crippen LogP contribution in [-0.2, 0) is 19.5 Å². The molecule has 0 saturated heterocycles. The molecule has 0 aliphatic heterocycles. The standard InChI is InChI=1S/3C6H5.3CH3.Zn/c3*1-2-4-6-5-3-1;;;;/h3*1-5H;3*1H3;/q6*-1;. The Morgan fingerprint density at radius 2 is 0.500 bits per heavy atom. The first-order valence-corrected chi connectivity index (χ1v) is 5.73. The number of hydrogen-bond acceptors (Lipinski definition) is 0. The first kappa shape index (κ1) is 28.4. The fraction of sp³-hybridized carbons (Fsp3) is 0. The second-order valence-corrected chi connectivity index (χ2v) is 3.23. The third-order valence-electron chi connectivity index (χ3n) is 1.82. The zero-order chi connectivity index (χ0) is 12.7. The molecule has 0 radical (unpaired) electrons. The minimum Gasteiger partial charge on any atom is -0.358 e. The first-order valence-electron chi connectivity index (χ1n) is 5.73. The quantitative estimate of drug-likeness (QED) is 0.357. The van der Waals surface area contributed by atoms with Gasteiger partial charge in [0.15, 0.2) is 0 Å². The Kier molecular flexibility index (Phi) is 31.4. The maximum absolute atomic E-state index is 2.89. The van der Waals surface area contributed by atoms with Crippen molar-refractivity contribution in [2.75, 3.05) is 0 Å². The summed E-state index contributed by atoms with van der Waals surface area (Å²) in [5, 5.41) is 0. The Labute approximate surface area is 151 Å². The molecule has 3 aromatic rings. The maximum Gasteiger partial charge on any atom is 0 e. The smallest absolute Gasteiger partial charge is 0 e. The summed E-state index contributed by atoms with van der Waals surface area (Å²) in [6.07, 6.45) is 0. The molecule has 0 aromatic heterocycles. The third kappa shape index (κ3) is 20.6. The van der Waals surface area contributed by atoms with Crippen molar-refractivity contribution in [3.63, 3.8) is 0 Å². The van der Waals surface area contributed by atoms with Crippen molar-refractivity contribution < 1.29 is 19.5 Å². The van der Waals surface area contributed by atoms with Crippen molar-refractivity contribution in [3.05, 3.63) is 131 Å². The Balaban J connectivity index is -0.000000101. The van der Waals surface area contributed by atoms with Crippen LogP contribution in [0.4, 0.5) is 0 Å². The first-order chi connectivity index (χ1) is 9.00. The van der Waals surface area contributed by atoms with E-state index in [9.17, 15) is 0 Å². The molecule has 116 valence electrons. The Morgan fingerprint density at radius 3 is 0.545 bits per heavy atom. The summed E-state index contributed by atoms with van der Waals surface area (Å²) in [6.45, 7) is 0. The topological polar surface area (TPSA) is 0 Å². The normalized spacial score (nSPS) is 6.55. The minimum atomic E-state index is 0. The van der Waals surface area contributed by atoms with Gasteiger partial charge in [-0.15, -0.1) is 0 Å². The zero-order valence-electron chi connectivity index (χ0n) is 13.9. The predicted octanol–water partition coefficient (Wildman–Crippen LogP) is 5.81. The molecule has 0 nitrogen and oxygen atoms in total. The second-order valence-electron chi connectivity index (χ2n) is 3.23. The Bertz CT molecular complexity index is 297. The average Bonchev–Trinajstić information content (AvgIpc) is 2.54. The van der Waals surface area contributed by atoms with Gasteiger partial charge in [-0.3, -0.25) is 0 Å². The molecule has 0 unspecified atom stereocenters. The van der Waals surface area contributed by atoms with Gasteiger partial charge in [0.2, 0.25) is 0 Å². The summed E-state index contributed by atoms with van der Waals surface area (Å²) >= 11 is 0. The monoisotopic (exact) mass is 340 g/mol. The van der Waals surface area contributed by atoms with Crippen LogP contribution in [0.2, 0.25) is 0 Å². The molecule has 0 N–H and O–H groups in total. The molecule has 3 rings (SSSR count). The molecule has 1 heteroatoms. The van der Waals surface area contributed by atoms with Gasteiger partial charge in [0.1, 0.15) is 0 Å². The molecule has 0 atom stereocenters. The van der Waals surface area contributed by atoms with Crippen LogP contribution in [-0.4, -0.2) is 0 Å². The van der Waals surface area contributed by atoms with Gasteiger partial charge in [-0.1, -0.05) is 0 Å². The van der Waals surface area contributed by atoms with E-state index in [-0.39, 0.29) is 41.8 Å². The van der Waals surface area contributed by atoms with E-state index in [4.69, 9.17) is 0 Å². The molecular weight excluding hydrogens is 318 g/mol. The van der Waals surface area contributed by atoms with Crippen LogP contribution in [0, 0.1) is 40.5 Å². The number of rotatable bonds is 0. The van der Waals surface area contributed by atoms with Crippen LogP contribution < -0.4 is 0 Å². The predicted molar refractivity (Wildman–Crippen MR) is 95.1 cm³/mol. The molecular formula is C21H24Zn-6. The summed E-state index contributed by atoms with van der Waals surface area (Å²) in [4.78, 5) is 0. The fourth-order valence-electron chi connectivity index (χ4n) is 1.03. The van der Waals surface area contributed by atoms with Gasteiger partial charge in [-0.2, -0.15) is 109 Å². The van der Waals surface area contributed by atoms with E-state index in [0.29, 0.717) is 0 Å². The summed E-state index contributed by atoms with van der Waals surface area (Å²) in [5.41, 5.74) is 0. The average molecular weight is 342 g/mol. The molecule has 0 spiro atoms. The maximum atomic E-state index is 2.89. The zero-order valence-corrected chi connectivity index (χ0v) is 16.8. The molecule has 0 fully saturated rings. The Morgan fingerprint density at radius 1 is 0.318 bits per heavy atom. The van der Waals surface area contributed by atoms with Crippen molar-refractivity contribution in [1.82, 2.24) is 0 Å². The molecule has 22 heavy (non-hydrogen) atoms. The van der Waals surface area contributed by atoms with Gasteiger partial charge >= 0.3 is 0 Å². The van der Waals surface area contributed by atoms with Gasteiger partial charge in [-0.05, 0) is 0 Å². The van der Waals surface area contributed by atoms with E-state index in [1.807, 2.05) is 91.0 Å². The summed E-state index contributed by atoms with van der Waals surface area (Å²) in [5.74, 6) is 0. The molecule has 3 aromatic carbocycles. The van der Waals surface area contributed by atoms with Crippen LogP contribution in [0.25, 0.3) is 0 Å².